The summed E-state index contributed by atoms with van der Waals surface area (Å²) in [4.78, 5) is 12.0. The Labute approximate surface area is 182 Å². The lowest BCUT2D eigenvalue weighted by Gasteiger charge is -2.13. The zero-order valence-electron chi connectivity index (χ0n) is 15.9. The summed E-state index contributed by atoms with van der Waals surface area (Å²) < 4.78 is 70.7. The van der Waals surface area contributed by atoms with Crippen LogP contribution in [0.3, 0.4) is 0 Å². The van der Waals surface area contributed by atoms with Gasteiger partial charge in [-0.3, -0.25) is 0 Å². The first-order valence-electron chi connectivity index (χ1n) is 8.63. The third kappa shape index (κ3) is 6.34. The molecular weight excluding hydrogens is 466 g/mol. The van der Waals surface area contributed by atoms with Crippen LogP contribution in [0.15, 0.2) is 41.3 Å². The quantitative estimate of drug-likeness (QED) is 0.542. The Balaban J connectivity index is 2.24. The summed E-state index contributed by atoms with van der Waals surface area (Å²) in [6.07, 6.45) is -4.54. The molecule has 0 heterocycles. The summed E-state index contributed by atoms with van der Waals surface area (Å²) in [5.74, 6) is -0.975. The molecule has 0 spiro atoms. The molecule has 11 heteroatoms. The van der Waals surface area contributed by atoms with Gasteiger partial charge >= 0.3 is 12.1 Å². The van der Waals surface area contributed by atoms with E-state index in [1.165, 1.54) is 12.1 Å². The Morgan fingerprint density at radius 2 is 1.80 bits per heavy atom. The van der Waals surface area contributed by atoms with Crippen LogP contribution in [0, 0.1) is 5.92 Å². The summed E-state index contributed by atoms with van der Waals surface area (Å²) in [5, 5.41) is -0.345. The third-order valence-corrected chi connectivity index (χ3v) is 6.04. The van der Waals surface area contributed by atoms with Crippen LogP contribution in [0.25, 0.3) is 0 Å². The highest BCUT2D eigenvalue weighted by Gasteiger charge is 2.30. The Morgan fingerprint density at radius 3 is 2.40 bits per heavy atom. The molecule has 0 aliphatic carbocycles. The average Bonchev–Trinajstić information content (AvgIpc) is 2.64. The van der Waals surface area contributed by atoms with Crippen molar-refractivity contribution in [1.82, 2.24) is 4.72 Å². The minimum atomic E-state index is -4.54. The lowest BCUT2D eigenvalue weighted by Crippen LogP contribution is -2.28. The molecule has 1 N–H and O–H groups in total. The first kappa shape index (κ1) is 24.5. The van der Waals surface area contributed by atoms with Gasteiger partial charge in [0.05, 0.1) is 21.2 Å². The van der Waals surface area contributed by atoms with Gasteiger partial charge in [0.15, 0.2) is 0 Å². The number of sulfonamides is 1. The number of alkyl halides is 3. The van der Waals surface area contributed by atoms with Gasteiger partial charge in [-0.25, -0.2) is 17.9 Å². The minimum absolute atomic E-state index is 0.0303. The fourth-order valence-electron chi connectivity index (χ4n) is 2.31. The number of ether oxygens (including phenoxy) is 1. The lowest BCUT2D eigenvalue weighted by molar-refractivity contribution is -0.137. The van der Waals surface area contributed by atoms with Crippen molar-refractivity contribution in [3.8, 4) is 0 Å². The van der Waals surface area contributed by atoms with E-state index in [0.29, 0.717) is 0 Å². The molecule has 5 nitrogen and oxygen atoms in total. The fourth-order valence-corrected chi connectivity index (χ4v) is 4.37. The number of hydrogen-bond acceptors (Lipinski definition) is 4. The highest BCUT2D eigenvalue weighted by atomic mass is 35.5. The second-order valence-electron chi connectivity index (χ2n) is 6.78. The first-order chi connectivity index (χ1) is 13.8. The molecule has 2 aromatic carbocycles. The second-order valence-corrected chi connectivity index (χ2v) is 9.33. The molecule has 0 fully saturated rings. The Hall–Kier alpha value is -1.81. The Kier molecular flexibility index (Phi) is 7.79. The van der Waals surface area contributed by atoms with Gasteiger partial charge in [-0.15, -0.1) is 0 Å². The number of nitrogens with one attached hydrogen (secondary N) is 1. The van der Waals surface area contributed by atoms with E-state index in [-0.39, 0.29) is 38.5 Å². The van der Waals surface area contributed by atoms with Gasteiger partial charge in [0, 0.05) is 6.54 Å². The summed E-state index contributed by atoms with van der Waals surface area (Å²) in [5.41, 5.74) is -1.06. The van der Waals surface area contributed by atoms with E-state index in [2.05, 4.69) is 4.72 Å². The smallest absolute Gasteiger partial charge is 0.416 e. The maximum Gasteiger partial charge on any atom is 0.416 e. The summed E-state index contributed by atoms with van der Waals surface area (Å²) >= 11 is 12.0. The zero-order chi connectivity index (χ0) is 22.7. The van der Waals surface area contributed by atoms with Gasteiger partial charge in [-0.1, -0.05) is 49.2 Å². The molecule has 0 saturated heterocycles. The molecule has 0 radical (unpaired) electrons. The fraction of sp³-hybridized carbons (Fsp3) is 0.316. The topological polar surface area (TPSA) is 72.5 Å². The summed E-state index contributed by atoms with van der Waals surface area (Å²) in [6.45, 7) is 3.30. The van der Waals surface area contributed by atoms with Crippen molar-refractivity contribution in [3.05, 3.63) is 63.1 Å². The number of esters is 1. The SMILES string of the molecule is CC(C)CNS(=O)(=O)c1cc(C(=O)OCc2cccc(C(F)(F)F)c2)c(Cl)cc1Cl. The van der Waals surface area contributed by atoms with Crippen molar-refractivity contribution in [2.45, 2.75) is 31.5 Å². The lowest BCUT2D eigenvalue weighted by atomic mass is 10.1. The minimum Gasteiger partial charge on any atom is -0.457 e. The molecule has 0 bridgehead atoms. The van der Waals surface area contributed by atoms with Crippen molar-refractivity contribution in [2.75, 3.05) is 6.54 Å². The van der Waals surface area contributed by atoms with Crippen LogP contribution >= 0.6 is 23.2 Å². The molecule has 0 aliphatic rings. The first-order valence-corrected chi connectivity index (χ1v) is 10.9. The van der Waals surface area contributed by atoms with Gasteiger partial charge < -0.3 is 4.74 Å². The number of carbonyl (C=O) groups excluding carboxylic acids is 1. The molecule has 0 unspecified atom stereocenters. The molecule has 2 aromatic rings. The van der Waals surface area contributed by atoms with E-state index < -0.39 is 34.3 Å². The highest BCUT2D eigenvalue weighted by Crippen LogP contribution is 2.31. The average molecular weight is 484 g/mol. The molecule has 164 valence electrons. The molecule has 0 aliphatic heterocycles. The van der Waals surface area contributed by atoms with Crippen molar-refractivity contribution < 1.29 is 31.1 Å². The molecular formula is C19H18Cl2F3NO4S. The van der Waals surface area contributed by atoms with Crippen LogP contribution in [0.1, 0.15) is 35.3 Å². The Bertz CT molecular complexity index is 1040. The predicted octanol–water partition coefficient (Wildman–Crippen LogP) is 5.30. The number of carbonyl (C=O) groups is 1. The van der Waals surface area contributed by atoms with Crippen LogP contribution in [0.2, 0.25) is 10.0 Å². The van der Waals surface area contributed by atoms with Crippen molar-refractivity contribution in [3.63, 3.8) is 0 Å². The maximum atomic E-state index is 12.8. The zero-order valence-corrected chi connectivity index (χ0v) is 18.2. The number of halogens is 5. The summed E-state index contributed by atoms with van der Waals surface area (Å²) in [6, 6.07) is 6.35. The van der Waals surface area contributed by atoms with E-state index >= 15 is 0 Å². The van der Waals surface area contributed by atoms with Crippen LogP contribution in [0.5, 0.6) is 0 Å². The van der Waals surface area contributed by atoms with E-state index in [1.54, 1.807) is 0 Å². The third-order valence-electron chi connectivity index (χ3n) is 3.84. The summed E-state index contributed by atoms with van der Waals surface area (Å²) in [7, 11) is -4.02. The number of hydrogen-bond donors (Lipinski definition) is 1. The van der Waals surface area contributed by atoms with Crippen LogP contribution < -0.4 is 4.72 Å². The highest BCUT2D eigenvalue weighted by molar-refractivity contribution is 7.89. The van der Waals surface area contributed by atoms with Crippen molar-refractivity contribution in [1.29, 1.82) is 0 Å². The predicted molar refractivity (Wildman–Crippen MR) is 107 cm³/mol. The normalized spacial score (nSPS) is 12.3. The molecule has 0 amide bonds. The van der Waals surface area contributed by atoms with Gasteiger partial charge in [0.1, 0.15) is 11.5 Å². The molecule has 0 aromatic heterocycles. The Morgan fingerprint density at radius 1 is 1.13 bits per heavy atom. The second kappa shape index (κ2) is 9.55. The molecule has 30 heavy (non-hydrogen) atoms. The number of rotatable bonds is 7. The standard InChI is InChI=1S/C19H18Cl2F3NO4S/c1-11(2)9-25-30(27,28)17-7-14(15(20)8-16(17)21)18(26)29-10-12-4-3-5-13(6-12)19(22,23)24/h3-8,11,25H,9-10H2,1-2H3. The number of benzene rings is 2. The molecule has 0 saturated carbocycles. The van der Waals surface area contributed by atoms with Gasteiger partial charge in [0.2, 0.25) is 10.0 Å². The van der Waals surface area contributed by atoms with Crippen molar-refractivity contribution in [2.24, 2.45) is 5.92 Å². The molecule has 2 rings (SSSR count). The van der Waals surface area contributed by atoms with Gasteiger partial charge in [-0.2, -0.15) is 13.2 Å². The van der Waals surface area contributed by atoms with E-state index in [1.807, 2.05) is 13.8 Å². The van der Waals surface area contributed by atoms with E-state index in [4.69, 9.17) is 27.9 Å². The molecule has 0 atom stereocenters. The monoisotopic (exact) mass is 483 g/mol. The van der Waals surface area contributed by atoms with Crippen LogP contribution in [-0.2, 0) is 27.5 Å². The van der Waals surface area contributed by atoms with Crippen LogP contribution in [0.4, 0.5) is 13.2 Å². The maximum absolute atomic E-state index is 12.8. The van der Waals surface area contributed by atoms with Crippen LogP contribution in [-0.4, -0.2) is 20.9 Å². The van der Waals surface area contributed by atoms with E-state index in [0.717, 1.165) is 24.3 Å². The van der Waals surface area contributed by atoms with E-state index in [9.17, 15) is 26.4 Å². The van der Waals surface area contributed by atoms with Gasteiger partial charge in [0.25, 0.3) is 0 Å². The van der Waals surface area contributed by atoms with Gasteiger partial charge in [-0.05, 0) is 35.7 Å². The van der Waals surface area contributed by atoms with Crippen molar-refractivity contribution >= 4 is 39.2 Å². The largest absolute Gasteiger partial charge is 0.457 e.